The third-order valence-corrected chi connectivity index (χ3v) is 3.32. The molecule has 1 atom stereocenters. The van der Waals surface area contributed by atoms with Gasteiger partial charge in [-0.15, -0.1) is 0 Å². The van der Waals surface area contributed by atoms with E-state index in [0.717, 1.165) is 19.6 Å². The molecule has 1 aromatic rings. The smallest absolute Gasteiger partial charge is 0.0368 e. The van der Waals surface area contributed by atoms with Crippen LogP contribution in [0.3, 0.4) is 0 Å². The third-order valence-electron chi connectivity index (χ3n) is 3.32. The minimum Gasteiger partial charge on any atom is -0.372 e. The molecule has 0 bridgehead atoms. The Morgan fingerprint density at radius 2 is 2.06 bits per heavy atom. The zero-order valence-corrected chi connectivity index (χ0v) is 12.4. The summed E-state index contributed by atoms with van der Waals surface area (Å²) in [5.41, 5.74) is 2.68. The molecule has 18 heavy (non-hydrogen) atoms. The molecule has 0 amide bonds. The van der Waals surface area contributed by atoms with E-state index >= 15 is 0 Å². The molecule has 0 aliphatic carbocycles. The van der Waals surface area contributed by atoms with Gasteiger partial charge in [0.05, 0.1) is 0 Å². The van der Waals surface area contributed by atoms with Crippen LogP contribution in [0.4, 0.5) is 5.69 Å². The lowest BCUT2D eigenvalue weighted by atomic mass is 10.1. The average Bonchev–Trinajstić information content (AvgIpc) is 2.37. The molecular formula is C16H28N2. The molecule has 0 saturated carbocycles. The van der Waals surface area contributed by atoms with E-state index < -0.39 is 0 Å². The minimum atomic E-state index is 0.601. The molecule has 0 radical (unpaired) electrons. The lowest BCUT2D eigenvalue weighted by molar-refractivity contribution is 0.511. The number of hydrogen-bond donors (Lipinski definition) is 1. The second kappa shape index (κ2) is 8.15. The maximum atomic E-state index is 3.55. The fourth-order valence-corrected chi connectivity index (χ4v) is 2.14. The van der Waals surface area contributed by atoms with Crippen molar-refractivity contribution < 1.29 is 0 Å². The molecule has 2 heteroatoms. The Labute approximate surface area is 112 Å². The molecule has 0 aliphatic rings. The summed E-state index contributed by atoms with van der Waals surface area (Å²) < 4.78 is 0. The van der Waals surface area contributed by atoms with Crippen molar-refractivity contribution in [3.8, 4) is 0 Å². The molecule has 102 valence electrons. The first-order chi connectivity index (χ1) is 8.67. The number of rotatable bonds is 8. The lowest BCUT2D eigenvalue weighted by Gasteiger charge is -2.25. The van der Waals surface area contributed by atoms with E-state index in [1.54, 1.807) is 0 Å². The largest absolute Gasteiger partial charge is 0.372 e. The summed E-state index contributed by atoms with van der Waals surface area (Å²) in [5, 5.41) is 3.55. The second-order valence-electron chi connectivity index (χ2n) is 5.06. The highest BCUT2D eigenvalue weighted by Gasteiger charge is 2.07. The van der Waals surface area contributed by atoms with Crippen LogP contribution in [-0.4, -0.2) is 25.7 Å². The fraction of sp³-hybridized carbons (Fsp3) is 0.625. The highest BCUT2D eigenvalue weighted by molar-refractivity contribution is 5.48. The SMILES string of the molecule is CCCNC(C)CCN(CC)c1cccc(C)c1. The first-order valence-electron chi connectivity index (χ1n) is 7.22. The summed E-state index contributed by atoms with van der Waals surface area (Å²) in [6.07, 6.45) is 2.40. The van der Waals surface area contributed by atoms with Gasteiger partial charge in [-0.05, 0) is 57.9 Å². The van der Waals surface area contributed by atoms with Crippen LogP contribution in [-0.2, 0) is 0 Å². The summed E-state index contributed by atoms with van der Waals surface area (Å²) in [5.74, 6) is 0. The number of aryl methyl sites for hydroxylation is 1. The molecular weight excluding hydrogens is 220 g/mol. The molecule has 0 heterocycles. The van der Waals surface area contributed by atoms with Crippen molar-refractivity contribution in [3.05, 3.63) is 29.8 Å². The van der Waals surface area contributed by atoms with Crippen molar-refractivity contribution in [2.24, 2.45) is 0 Å². The second-order valence-corrected chi connectivity index (χ2v) is 5.06. The van der Waals surface area contributed by atoms with Crippen LogP contribution < -0.4 is 10.2 Å². The highest BCUT2D eigenvalue weighted by atomic mass is 15.1. The molecule has 2 nitrogen and oxygen atoms in total. The van der Waals surface area contributed by atoms with Crippen LogP contribution in [0.1, 0.15) is 39.2 Å². The maximum Gasteiger partial charge on any atom is 0.0368 e. The first kappa shape index (κ1) is 15.0. The van der Waals surface area contributed by atoms with Crippen LogP contribution in [0.5, 0.6) is 0 Å². The molecule has 0 aromatic heterocycles. The van der Waals surface area contributed by atoms with Crippen molar-refractivity contribution in [3.63, 3.8) is 0 Å². The van der Waals surface area contributed by atoms with E-state index in [1.807, 2.05) is 0 Å². The highest BCUT2D eigenvalue weighted by Crippen LogP contribution is 2.16. The van der Waals surface area contributed by atoms with E-state index in [0.29, 0.717) is 6.04 Å². The quantitative estimate of drug-likeness (QED) is 0.756. The van der Waals surface area contributed by atoms with E-state index in [2.05, 4.69) is 62.2 Å². The zero-order chi connectivity index (χ0) is 13.4. The van der Waals surface area contributed by atoms with Crippen LogP contribution in [0.15, 0.2) is 24.3 Å². The number of hydrogen-bond acceptors (Lipinski definition) is 2. The molecule has 0 spiro atoms. The Kier molecular flexibility index (Phi) is 6.81. The average molecular weight is 248 g/mol. The molecule has 1 aromatic carbocycles. The molecule has 0 saturated heterocycles. The van der Waals surface area contributed by atoms with Gasteiger partial charge < -0.3 is 10.2 Å². The van der Waals surface area contributed by atoms with E-state index in [9.17, 15) is 0 Å². The van der Waals surface area contributed by atoms with E-state index in [-0.39, 0.29) is 0 Å². The van der Waals surface area contributed by atoms with Gasteiger partial charge in [-0.1, -0.05) is 19.1 Å². The molecule has 1 rings (SSSR count). The monoisotopic (exact) mass is 248 g/mol. The van der Waals surface area contributed by atoms with Crippen molar-refractivity contribution >= 4 is 5.69 Å². The van der Waals surface area contributed by atoms with Gasteiger partial charge in [0.25, 0.3) is 0 Å². The Bertz CT molecular complexity index is 336. The Morgan fingerprint density at radius 3 is 2.67 bits per heavy atom. The Morgan fingerprint density at radius 1 is 1.28 bits per heavy atom. The van der Waals surface area contributed by atoms with Gasteiger partial charge in [-0.3, -0.25) is 0 Å². The number of nitrogens with one attached hydrogen (secondary N) is 1. The van der Waals surface area contributed by atoms with Crippen molar-refractivity contribution in [2.75, 3.05) is 24.5 Å². The van der Waals surface area contributed by atoms with Crippen molar-refractivity contribution in [2.45, 2.75) is 46.6 Å². The van der Waals surface area contributed by atoms with Crippen molar-refractivity contribution in [1.82, 2.24) is 5.32 Å². The first-order valence-corrected chi connectivity index (χ1v) is 7.22. The van der Waals surface area contributed by atoms with E-state index in [4.69, 9.17) is 0 Å². The zero-order valence-electron chi connectivity index (χ0n) is 12.4. The summed E-state index contributed by atoms with van der Waals surface area (Å²) in [6, 6.07) is 9.38. The van der Waals surface area contributed by atoms with Crippen LogP contribution in [0.25, 0.3) is 0 Å². The van der Waals surface area contributed by atoms with Crippen LogP contribution >= 0.6 is 0 Å². The normalized spacial score (nSPS) is 12.4. The molecule has 1 unspecified atom stereocenters. The maximum absolute atomic E-state index is 3.55. The lowest BCUT2D eigenvalue weighted by Crippen LogP contribution is -2.32. The Balaban J connectivity index is 2.47. The Hall–Kier alpha value is -1.02. The number of benzene rings is 1. The van der Waals surface area contributed by atoms with Crippen LogP contribution in [0, 0.1) is 6.92 Å². The topological polar surface area (TPSA) is 15.3 Å². The predicted molar refractivity (Wildman–Crippen MR) is 81.4 cm³/mol. The van der Waals surface area contributed by atoms with Crippen LogP contribution in [0.2, 0.25) is 0 Å². The molecule has 0 fully saturated rings. The summed E-state index contributed by atoms with van der Waals surface area (Å²) in [4.78, 5) is 2.46. The summed E-state index contributed by atoms with van der Waals surface area (Å²) >= 11 is 0. The number of nitrogens with zero attached hydrogens (tertiary/aromatic N) is 1. The minimum absolute atomic E-state index is 0.601. The van der Waals surface area contributed by atoms with Gasteiger partial charge in [-0.2, -0.15) is 0 Å². The summed E-state index contributed by atoms with van der Waals surface area (Å²) in [7, 11) is 0. The molecule has 1 N–H and O–H groups in total. The van der Waals surface area contributed by atoms with Gasteiger partial charge >= 0.3 is 0 Å². The van der Waals surface area contributed by atoms with E-state index in [1.165, 1.54) is 24.1 Å². The molecule has 0 aliphatic heterocycles. The predicted octanol–water partition coefficient (Wildman–Crippen LogP) is 3.60. The fourth-order valence-electron chi connectivity index (χ4n) is 2.14. The van der Waals surface area contributed by atoms with Gasteiger partial charge in [0.2, 0.25) is 0 Å². The third kappa shape index (κ3) is 5.09. The number of anilines is 1. The van der Waals surface area contributed by atoms with Gasteiger partial charge in [0, 0.05) is 24.8 Å². The van der Waals surface area contributed by atoms with Crippen molar-refractivity contribution in [1.29, 1.82) is 0 Å². The standard InChI is InChI=1S/C16H28N2/c1-5-11-17-15(4)10-12-18(6-2)16-9-7-8-14(3)13-16/h7-9,13,15,17H,5-6,10-12H2,1-4H3. The van der Waals surface area contributed by atoms with Gasteiger partial charge in [0.1, 0.15) is 0 Å². The summed E-state index contributed by atoms with van der Waals surface area (Å²) in [6.45, 7) is 12.2. The van der Waals surface area contributed by atoms with Gasteiger partial charge in [-0.25, -0.2) is 0 Å². The van der Waals surface area contributed by atoms with Gasteiger partial charge in [0.15, 0.2) is 0 Å².